The maximum atomic E-state index is 11.0. The molecule has 0 aliphatic carbocycles. The number of thiazole rings is 1. The van der Waals surface area contributed by atoms with Gasteiger partial charge in [0, 0.05) is 24.0 Å². The number of quaternary nitrogens is 1. The largest absolute Gasteiger partial charge is 0.544 e. The molecule has 1 aromatic heterocycles. The highest BCUT2D eigenvalue weighted by Gasteiger charge is 2.16. The number of hydrogen-bond donors (Lipinski definition) is 1. The predicted octanol–water partition coefficient (Wildman–Crippen LogP) is 0.661. The Balaban J connectivity index is 1.85. The third-order valence-electron chi connectivity index (χ3n) is 3.92. The third kappa shape index (κ3) is 3.14. The zero-order chi connectivity index (χ0) is 14.8. The van der Waals surface area contributed by atoms with Crippen molar-refractivity contribution in [1.29, 1.82) is 0 Å². The quantitative estimate of drug-likeness (QED) is 0.903. The van der Waals surface area contributed by atoms with Gasteiger partial charge in [-0.15, -0.1) is 11.3 Å². The van der Waals surface area contributed by atoms with Gasteiger partial charge in [0.1, 0.15) is 11.6 Å². The van der Waals surface area contributed by atoms with Gasteiger partial charge in [-0.3, -0.25) is 0 Å². The summed E-state index contributed by atoms with van der Waals surface area (Å²) in [5.41, 5.74) is 2.81. The van der Waals surface area contributed by atoms with E-state index >= 15 is 0 Å². The maximum Gasteiger partial charge on any atom is 0.124 e. The van der Waals surface area contributed by atoms with Crippen LogP contribution in [0.3, 0.4) is 0 Å². The average molecular weight is 302 g/mol. The number of aryl methyl sites for hydroxylation is 1. The van der Waals surface area contributed by atoms with Crippen molar-refractivity contribution in [3.63, 3.8) is 0 Å². The second kappa shape index (κ2) is 5.95. The molecular formula is C16H18N2O2S. The highest BCUT2D eigenvalue weighted by atomic mass is 32.1. The lowest BCUT2D eigenvalue weighted by Crippen LogP contribution is -3.08. The Morgan fingerprint density at radius 2 is 2.14 bits per heavy atom. The summed E-state index contributed by atoms with van der Waals surface area (Å²) in [6, 6.07) is 8.27. The number of nitrogens with zero attached hydrogens (tertiary/aromatic N) is 1. The summed E-state index contributed by atoms with van der Waals surface area (Å²) in [4.78, 5) is 17.2. The topological polar surface area (TPSA) is 57.5 Å². The predicted molar refractivity (Wildman–Crippen MR) is 80.3 cm³/mol. The van der Waals surface area contributed by atoms with Crippen LogP contribution in [0.15, 0.2) is 24.3 Å². The van der Waals surface area contributed by atoms with E-state index in [9.17, 15) is 9.90 Å². The molecule has 4 nitrogen and oxygen atoms in total. The lowest BCUT2D eigenvalue weighted by atomic mass is 10.1. The second-order valence-corrected chi connectivity index (χ2v) is 6.55. The van der Waals surface area contributed by atoms with Crippen LogP contribution in [0.5, 0.6) is 0 Å². The summed E-state index contributed by atoms with van der Waals surface area (Å²) in [6.07, 6.45) is 2.63. The minimum Gasteiger partial charge on any atom is -0.544 e. The number of hydrogen-bond acceptors (Lipinski definition) is 4. The van der Waals surface area contributed by atoms with Crippen LogP contribution in [0.4, 0.5) is 0 Å². The molecule has 0 saturated carbocycles. The molecule has 1 aliphatic rings. The van der Waals surface area contributed by atoms with Gasteiger partial charge in [0.2, 0.25) is 0 Å². The lowest BCUT2D eigenvalue weighted by Gasteiger charge is -2.12. The van der Waals surface area contributed by atoms with Gasteiger partial charge >= 0.3 is 0 Å². The summed E-state index contributed by atoms with van der Waals surface area (Å²) in [5.74, 6) is -1.14. The molecule has 0 radical (unpaired) electrons. The van der Waals surface area contributed by atoms with Gasteiger partial charge in [0.05, 0.1) is 29.6 Å². The third-order valence-corrected chi connectivity index (χ3v) is 5.11. The number of aromatic carboxylic acids is 1. The Hall–Kier alpha value is -1.72. The number of benzene rings is 1. The molecule has 0 unspecified atom stereocenters. The van der Waals surface area contributed by atoms with Crippen LogP contribution in [-0.2, 0) is 6.54 Å². The lowest BCUT2D eigenvalue weighted by molar-refractivity contribution is -0.901. The van der Waals surface area contributed by atoms with Gasteiger partial charge in [-0.1, -0.05) is 18.2 Å². The number of carboxylic acids is 1. The minimum atomic E-state index is -1.14. The molecule has 110 valence electrons. The van der Waals surface area contributed by atoms with E-state index in [4.69, 9.17) is 0 Å². The van der Waals surface area contributed by atoms with Crippen molar-refractivity contribution in [1.82, 2.24) is 4.98 Å². The van der Waals surface area contributed by atoms with E-state index in [0.717, 1.165) is 17.1 Å². The zero-order valence-electron chi connectivity index (χ0n) is 12.0. The smallest absolute Gasteiger partial charge is 0.124 e. The number of nitrogens with one attached hydrogen (secondary N) is 1. The molecule has 0 atom stereocenters. The zero-order valence-corrected chi connectivity index (χ0v) is 12.8. The van der Waals surface area contributed by atoms with Gasteiger partial charge in [-0.2, -0.15) is 0 Å². The van der Waals surface area contributed by atoms with E-state index in [2.05, 4.69) is 17.1 Å². The van der Waals surface area contributed by atoms with Crippen molar-refractivity contribution in [3.05, 3.63) is 40.4 Å². The molecule has 21 heavy (non-hydrogen) atoms. The first-order chi connectivity index (χ1) is 10.1. The van der Waals surface area contributed by atoms with Crippen LogP contribution in [0.25, 0.3) is 10.6 Å². The summed E-state index contributed by atoms with van der Waals surface area (Å²) >= 11 is 1.19. The van der Waals surface area contributed by atoms with Gasteiger partial charge in [-0.05, 0) is 13.0 Å². The maximum absolute atomic E-state index is 11.0. The first-order valence-corrected chi connectivity index (χ1v) is 8.07. The number of likely N-dealkylation sites (tertiary alicyclic amines) is 1. The van der Waals surface area contributed by atoms with Crippen LogP contribution >= 0.6 is 11.3 Å². The fourth-order valence-corrected chi connectivity index (χ4v) is 3.76. The second-order valence-electron chi connectivity index (χ2n) is 5.56. The molecular weight excluding hydrogens is 284 g/mol. The Morgan fingerprint density at radius 3 is 2.81 bits per heavy atom. The fraction of sp³-hybridized carbons (Fsp3) is 0.375. The van der Waals surface area contributed by atoms with Gasteiger partial charge in [0.15, 0.2) is 0 Å². The first-order valence-electron chi connectivity index (χ1n) is 7.25. The Bertz CT molecular complexity index is 660. The number of aromatic nitrogens is 1. The molecule has 1 N–H and O–H groups in total. The molecule has 2 aromatic rings. The van der Waals surface area contributed by atoms with E-state index in [1.807, 2.05) is 12.1 Å². The highest BCUT2D eigenvalue weighted by molar-refractivity contribution is 7.17. The highest BCUT2D eigenvalue weighted by Crippen LogP contribution is 2.28. The Labute approximate surface area is 128 Å². The van der Waals surface area contributed by atoms with Crippen molar-refractivity contribution in [2.24, 2.45) is 0 Å². The monoisotopic (exact) mass is 302 g/mol. The van der Waals surface area contributed by atoms with Gasteiger partial charge in [-0.25, -0.2) is 4.98 Å². The molecule has 1 aromatic carbocycles. The van der Waals surface area contributed by atoms with Crippen molar-refractivity contribution in [2.75, 3.05) is 13.1 Å². The molecule has 0 bridgehead atoms. The molecule has 3 rings (SSSR count). The van der Waals surface area contributed by atoms with Crippen LogP contribution in [0, 0.1) is 6.92 Å². The normalized spacial score (nSPS) is 15.5. The van der Waals surface area contributed by atoms with E-state index in [1.54, 1.807) is 11.8 Å². The number of carbonyl (C=O) groups excluding carboxylic acids is 1. The summed E-state index contributed by atoms with van der Waals surface area (Å²) in [7, 11) is 0. The summed E-state index contributed by atoms with van der Waals surface area (Å²) < 4.78 is 0. The van der Waals surface area contributed by atoms with Crippen LogP contribution in [0.1, 0.15) is 33.8 Å². The van der Waals surface area contributed by atoms with Gasteiger partial charge < -0.3 is 14.8 Å². The SMILES string of the molecule is Cc1nc(-c2cccc(C[NH+]3CCCC3)c2)sc1C(=O)[O-]. The Morgan fingerprint density at radius 1 is 1.38 bits per heavy atom. The van der Waals surface area contributed by atoms with E-state index < -0.39 is 5.97 Å². The molecule has 0 spiro atoms. The van der Waals surface area contributed by atoms with E-state index in [1.165, 1.54) is 42.8 Å². The summed E-state index contributed by atoms with van der Waals surface area (Å²) in [5, 5.41) is 11.8. The first kappa shape index (κ1) is 14.2. The minimum absolute atomic E-state index is 0.223. The van der Waals surface area contributed by atoms with Crippen LogP contribution in [-0.4, -0.2) is 24.0 Å². The fourth-order valence-electron chi connectivity index (χ4n) is 2.86. The molecule has 5 heteroatoms. The van der Waals surface area contributed by atoms with Crippen molar-refractivity contribution in [3.8, 4) is 10.6 Å². The molecule has 0 amide bonds. The molecule has 1 fully saturated rings. The molecule has 2 heterocycles. The summed E-state index contributed by atoms with van der Waals surface area (Å²) in [6.45, 7) is 5.24. The number of carbonyl (C=O) groups is 1. The standard InChI is InChI=1S/C16H18N2O2S/c1-11-14(16(19)20)21-15(17-11)13-6-4-5-12(9-13)10-18-7-2-3-8-18/h4-6,9H,2-3,7-8,10H2,1H3,(H,19,20). The van der Waals surface area contributed by atoms with Gasteiger partial charge in [0.25, 0.3) is 0 Å². The number of carboxylic acid groups (broad SMARTS) is 1. The van der Waals surface area contributed by atoms with E-state index in [0.29, 0.717) is 5.69 Å². The van der Waals surface area contributed by atoms with Crippen molar-refractivity contribution >= 4 is 17.3 Å². The molecule has 1 saturated heterocycles. The average Bonchev–Trinajstić information content (AvgIpc) is 3.08. The van der Waals surface area contributed by atoms with Crippen molar-refractivity contribution < 1.29 is 14.8 Å². The molecule has 1 aliphatic heterocycles. The van der Waals surface area contributed by atoms with E-state index in [-0.39, 0.29) is 4.88 Å². The number of rotatable bonds is 4. The van der Waals surface area contributed by atoms with Crippen molar-refractivity contribution in [2.45, 2.75) is 26.3 Å². The van der Waals surface area contributed by atoms with Crippen LogP contribution in [0.2, 0.25) is 0 Å². The van der Waals surface area contributed by atoms with Crippen LogP contribution < -0.4 is 10.0 Å². The Kier molecular flexibility index (Phi) is 4.03.